The number of carbonyl (C=O) groups is 2. The topological polar surface area (TPSA) is 278 Å². The second-order valence-corrected chi connectivity index (χ2v) is 21.2. The van der Waals surface area contributed by atoms with E-state index in [1.165, 1.54) is 0 Å². The molecule has 5 aliphatic rings. The fraction of sp³-hybridized carbons (Fsp3) is 0.267. The van der Waals surface area contributed by atoms with E-state index in [-0.39, 0.29) is 118 Å². The molecule has 3 aliphatic carbocycles. The standard InChI is InChI=1S/C60H56N2O13/c1-19(2)33-27-13-23(9)37(49(66)41(27)31(17-61)47(64)51(33)68)39-25(11)15-29-35(21(5)6)53(70)55(72)45-43(29)57(39)74-59-46-44-30(36(22(7)8)54(71)56(46)73)16-26(12)40(58(44)75-60(45)62-59)38-24(10)14-28-34(20(3)4)52(69)48(65)32(18-63)42(28)50(38)67/h13-22,62,65-71H,61H2,1-12H3/b31-17-. The maximum absolute atomic E-state index is 15.3. The Kier molecular flexibility index (Phi) is 11.2. The Morgan fingerprint density at radius 1 is 0.493 bits per heavy atom. The molecule has 5 aromatic rings. The van der Waals surface area contributed by atoms with Gasteiger partial charge in [-0.05, 0) is 95.3 Å². The maximum Gasteiger partial charge on any atom is 0.233 e. The number of aliphatic hydroxyl groups excluding tert-OH is 1. The van der Waals surface area contributed by atoms with E-state index in [1.54, 1.807) is 107 Å². The molecule has 2 aliphatic heterocycles. The molecule has 0 radical (unpaired) electrons. The first-order valence-corrected chi connectivity index (χ1v) is 24.7. The largest absolute Gasteiger partial charge is 0.507 e. The smallest absolute Gasteiger partial charge is 0.233 e. The second kappa shape index (κ2) is 16.9. The predicted molar refractivity (Wildman–Crippen MR) is 290 cm³/mol. The summed E-state index contributed by atoms with van der Waals surface area (Å²) in [5.74, 6) is -6.30. The van der Waals surface area contributed by atoms with Crippen LogP contribution in [0, 0.1) is 33.6 Å². The van der Waals surface area contributed by atoms with Crippen LogP contribution >= 0.6 is 0 Å². The highest BCUT2D eigenvalue weighted by atomic mass is 16.4. The first kappa shape index (κ1) is 49.8. The van der Waals surface area contributed by atoms with Crippen LogP contribution in [0.25, 0.3) is 99.8 Å². The highest BCUT2D eigenvalue weighted by Gasteiger charge is 2.39. The molecule has 10 rings (SSSR count). The van der Waals surface area contributed by atoms with Crippen molar-refractivity contribution in [3.63, 3.8) is 0 Å². The van der Waals surface area contributed by atoms with Crippen molar-refractivity contribution in [2.75, 3.05) is 0 Å². The lowest BCUT2D eigenvalue weighted by Crippen LogP contribution is -2.19. The number of aromatic amines is 1. The van der Waals surface area contributed by atoms with Crippen LogP contribution in [0.5, 0.6) is 34.5 Å². The van der Waals surface area contributed by atoms with E-state index in [1.807, 2.05) is 0 Å². The number of phenolic OH excluding ortho intramolecular Hbond substituents is 6. The molecule has 15 nitrogen and oxygen atoms in total. The number of hydrogen-bond acceptors (Lipinski definition) is 14. The van der Waals surface area contributed by atoms with Crippen LogP contribution in [-0.4, -0.2) is 52.8 Å². The molecular formula is C60H56N2O13. The van der Waals surface area contributed by atoms with Crippen LogP contribution in [0.3, 0.4) is 0 Å². The molecule has 2 heterocycles. The summed E-state index contributed by atoms with van der Waals surface area (Å²) in [6.45, 7) is 21.2. The summed E-state index contributed by atoms with van der Waals surface area (Å²) in [4.78, 5) is 60.2. The van der Waals surface area contributed by atoms with Gasteiger partial charge in [0.15, 0.2) is 35.0 Å². The number of benzene rings is 7. The minimum atomic E-state index is -0.902. The number of allylic oxidation sites excluding steroid dienone is 2. The molecule has 2 bridgehead atoms. The molecule has 0 fully saturated rings. The average molecular weight is 1010 g/mol. The van der Waals surface area contributed by atoms with Crippen LogP contribution in [-0.2, 0) is 4.79 Å². The number of ketones is 1. The molecule has 10 N–H and O–H groups in total. The molecule has 0 spiro atoms. The normalized spacial score (nSPS) is 13.9. The quantitative estimate of drug-likeness (QED) is 0.0408. The van der Waals surface area contributed by atoms with Crippen molar-refractivity contribution in [1.82, 2.24) is 4.98 Å². The Bertz CT molecular complexity index is 4230. The molecule has 0 aromatic heterocycles. The van der Waals surface area contributed by atoms with Crippen molar-refractivity contribution in [3.8, 4) is 79.0 Å². The van der Waals surface area contributed by atoms with Crippen molar-refractivity contribution in [1.29, 1.82) is 0 Å². The molecule has 384 valence electrons. The maximum atomic E-state index is 15.3. The van der Waals surface area contributed by atoms with E-state index in [0.29, 0.717) is 55.8 Å². The monoisotopic (exact) mass is 1010 g/mol. The number of aliphatic hydroxyl groups is 1. The number of Topliss-reactive ketones (excluding diaryl/α,β-unsaturated/α-hetero) is 1. The SMILES string of the molecule is Cc1cc2c(c(O)c1-c1c(C)cc3c(C(C)C)c(O)c(=O)c4c5[nH]c(oc1c3-4)c1c(=O)c(O)c(C(C)C)c3cc(C)c(-c4c(C)cc6c(C(C)C)c(O)c(O)c(C=O)c6c4O)c(o5)c3-1)/C(=C/N)C(=O)C(O)=C2C(C)C. The van der Waals surface area contributed by atoms with Gasteiger partial charge in [0.05, 0.1) is 22.3 Å². The number of rotatable bonds is 7. The number of aromatic hydroxyl groups is 6. The van der Waals surface area contributed by atoms with Gasteiger partial charge in [-0.2, -0.15) is 0 Å². The Hall–Kier alpha value is -8.72. The number of aldehydes is 1. The summed E-state index contributed by atoms with van der Waals surface area (Å²) in [5.41, 5.74) is 6.57. The number of nitrogens with one attached hydrogen (secondary N) is 1. The molecule has 0 amide bonds. The highest BCUT2D eigenvalue weighted by Crippen LogP contribution is 2.56. The number of hydrogen-bond donors (Lipinski definition) is 9. The Morgan fingerprint density at radius 2 is 0.920 bits per heavy atom. The fourth-order valence-corrected chi connectivity index (χ4v) is 12.1. The van der Waals surface area contributed by atoms with E-state index >= 15 is 9.59 Å². The van der Waals surface area contributed by atoms with E-state index < -0.39 is 68.7 Å². The third-order valence-corrected chi connectivity index (χ3v) is 15.2. The summed E-state index contributed by atoms with van der Waals surface area (Å²) < 4.78 is 14.2. The van der Waals surface area contributed by atoms with E-state index in [2.05, 4.69) is 4.98 Å². The number of carbonyl (C=O) groups excluding carboxylic acids is 2. The number of H-pyrrole nitrogens is 1. The molecule has 75 heavy (non-hydrogen) atoms. The molecule has 0 saturated carbocycles. The average Bonchev–Trinajstić information content (AvgIpc) is 3.60. The zero-order chi connectivity index (χ0) is 54.6. The molecule has 5 aromatic carbocycles. The summed E-state index contributed by atoms with van der Waals surface area (Å²) in [6, 6.07) is 6.86. The number of phenols is 6. The summed E-state index contributed by atoms with van der Waals surface area (Å²) in [6.07, 6.45) is 1.36. The third kappa shape index (κ3) is 6.58. The lowest BCUT2D eigenvalue weighted by atomic mass is 9.77. The first-order valence-electron chi connectivity index (χ1n) is 24.7. The predicted octanol–water partition coefficient (Wildman–Crippen LogP) is 12.5. The molecule has 0 unspecified atom stereocenters. The van der Waals surface area contributed by atoms with Gasteiger partial charge in [-0.15, -0.1) is 0 Å². The Labute approximate surface area is 428 Å². The van der Waals surface area contributed by atoms with Gasteiger partial charge < -0.3 is 50.3 Å². The minimum Gasteiger partial charge on any atom is -0.507 e. The zero-order valence-corrected chi connectivity index (χ0v) is 43.4. The van der Waals surface area contributed by atoms with Crippen molar-refractivity contribution < 1.29 is 54.2 Å². The van der Waals surface area contributed by atoms with E-state index in [4.69, 9.17) is 14.6 Å². The number of aryl methyl sites for hydroxylation is 4. The van der Waals surface area contributed by atoms with Gasteiger partial charge >= 0.3 is 0 Å². The van der Waals surface area contributed by atoms with Crippen LogP contribution in [0.15, 0.2) is 54.6 Å². The van der Waals surface area contributed by atoms with Gasteiger partial charge in [0.25, 0.3) is 0 Å². The van der Waals surface area contributed by atoms with Gasteiger partial charge in [0, 0.05) is 72.8 Å². The van der Waals surface area contributed by atoms with E-state index in [0.717, 1.165) is 6.20 Å². The summed E-state index contributed by atoms with van der Waals surface area (Å²) >= 11 is 0. The molecular weight excluding hydrogens is 957 g/mol. The second-order valence-electron chi connectivity index (χ2n) is 21.2. The van der Waals surface area contributed by atoms with Crippen molar-refractivity contribution >= 4 is 67.4 Å². The van der Waals surface area contributed by atoms with Crippen molar-refractivity contribution in [2.45, 2.75) is 101 Å². The number of nitrogens with two attached hydrogens (primary N) is 1. The first-order chi connectivity index (χ1) is 35.3. The zero-order valence-electron chi connectivity index (χ0n) is 43.4. The minimum absolute atomic E-state index is 0.0526. The number of aromatic nitrogens is 1. The van der Waals surface area contributed by atoms with Gasteiger partial charge in [-0.1, -0.05) is 79.7 Å². The van der Waals surface area contributed by atoms with Crippen molar-refractivity contribution in [2.24, 2.45) is 11.7 Å². The Balaban J connectivity index is 1.47. The summed E-state index contributed by atoms with van der Waals surface area (Å²) in [5, 5.41) is 84.1. The van der Waals surface area contributed by atoms with Crippen molar-refractivity contribution in [3.05, 3.63) is 112 Å². The highest BCUT2D eigenvalue weighted by molar-refractivity contribution is 6.34. The van der Waals surface area contributed by atoms with Gasteiger partial charge in [0.2, 0.25) is 28.1 Å². The Morgan fingerprint density at radius 3 is 1.36 bits per heavy atom. The third-order valence-electron chi connectivity index (χ3n) is 15.2. The molecule has 15 heteroatoms. The molecule has 0 atom stereocenters. The summed E-state index contributed by atoms with van der Waals surface area (Å²) in [7, 11) is 0. The van der Waals surface area contributed by atoms with Crippen LogP contribution in [0.4, 0.5) is 0 Å². The fourth-order valence-electron chi connectivity index (χ4n) is 12.1. The van der Waals surface area contributed by atoms with E-state index in [9.17, 15) is 45.3 Å². The van der Waals surface area contributed by atoms with Gasteiger partial charge in [-0.3, -0.25) is 24.2 Å². The van der Waals surface area contributed by atoms with Gasteiger partial charge in [0.1, 0.15) is 22.7 Å². The van der Waals surface area contributed by atoms with Crippen LogP contribution < -0.4 is 16.6 Å². The van der Waals surface area contributed by atoms with Crippen LogP contribution in [0.1, 0.15) is 134 Å². The molecule has 0 saturated heterocycles. The van der Waals surface area contributed by atoms with Gasteiger partial charge in [-0.25, -0.2) is 0 Å². The lowest BCUT2D eigenvalue weighted by molar-refractivity contribution is -0.112. The lowest BCUT2D eigenvalue weighted by Gasteiger charge is -2.27. The van der Waals surface area contributed by atoms with Crippen LogP contribution in [0.2, 0.25) is 0 Å². The number of fused-ring (bicyclic) bond motifs is 6.